The van der Waals surface area contributed by atoms with E-state index in [2.05, 4.69) is 5.32 Å². The SMILES string of the molecule is CC(C)NCCS(=O)(=O)N1CC2CCCC(C2)C1. The van der Waals surface area contributed by atoms with Gasteiger partial charge in [-0.2, -0.15) is 0 Å². The van der Waals surface area contributed by atoms with Crippen molar-refractivity contribution in [3.8, 4) is 0 Å². The van der Waals surface area contributed by atoms with Crippen molar-refractivity contribution in [1.29, 1.82) is 0 Å². The molecule has 106 valence electrons. The normalized spacial score (nSPS) is 29.7. The zero-order valence-corrected chi connectivity index (χ0v) is 12.4. The Hall–Kier alpha value is -0.130. The molecule has 0 radical (unpaired) electrons. The molecule has 18 heavy (non-hydrogen) atoms. The summed E-state index contributed by atoms with van der Waals surface area (Å²) in [6.45, 7) is 6.17. The first-order valence-electron chi connectivity index (χ1n) is 7.18. The van der Waals surface area contributed by atoms with Gasteiger partial charge in [-0.25, -0.2) is 12.7 Å². The molecule has 2 bridgehead atoms. The van der Waals surface area contributed by atoms with Crippen molar-refractivity contribution in [2.45, 2.75) is 45.6 Å². The zero-order chi connectivity index (χ0) is 13.2. The third-order valence-electron chi connectivity index (χ3n) is 4.12. The molecule has 2 fully saturated rings. The number of hydrogen-bond donors (Lipinski definition) is 1. The first kappa shape index (κ1) is 14.3. The molecule has 2 rings (SSSR count). The van der Waals surface area contributed by atoms with Gasteiger partial charge in [0.25, 0.3) is 0 Å². The summed E-state index contributed by atoms with van der Waals surface area (Å²) >= 11 is 0. The Morgan fingerprint density at radius 3 is 2.39 bits per heavy atom. The third-order valence-corrected chi connectivity index (χ3v) is 5.93. The summed E-state index contributed by atoms with van der Waals surface area (Å²) in [6, 6.07) is 0.348. The molecule has 1 aliphatic carbocycles. The van der Waals surface area contributed by atoms with Crippen LogP contribution in [0.1, 0.15) is 39.5 Å². The first-order chi connectivity index (χ1) is 8.47. The molecule has 1 heterocycles. The second-order valence-electron chi connectivity index (χ2n) is 6.14. The van der Waals surface area contributed by atoms with Crippen molar-refractivity contribution in [2.75, 3.05) is 25.4 Å². The number of nitrogens with zero attached hydrogens (tertiary/aromatic N) is 1. The lowest BCUT2D eigenvalue weighted by atomic mass is 9.79. The van der Waals surface area contributed by atoms with Crippen molar-refractivity contribution in [3.63, 3.8) is 0 Å². The average Bonchev–Trinajstić information content (AvgIpc) is 2.27. The van der Waals surface area contributed by atoms with Crippen LogP contribution >= 0.6 is 0 Å². The van der Waals surface area contributed by atoms with E-state index in [9.17, 15) is 8.42 Å². The predicted molar refractivity (Wildman–Crippen MR) is 73.9 cm³/mol. The highest BCUT2D eigenvalue weighted by molar-refractivity contribution is 7.89. The summed E-state index contributed by atoms with van der Waals surface area (Å²) in [4.78, 5) is 0. The Kier molecular flexibility index (Phi) is 4.67. The molecule has 2 unspecified atom stereocenters. The van der Waals surface area contributed by atoms with E-state index >= 15 is 0 Å². The number of piperidine rings is 1. The summed E-state index contributed by atoms with van der Waals surface area (Å²) in [5.74, 6) is 1.47. The molecular formula is C13H26N2O2S. The van der Waals surface area contributed by atoms with Gasteiger partial charge in [0.1, 0.15) is 0 Å². The highest BCUT2D eigenvalue weighted by Gasteiger charge is 2.35. The minimum atomic E-state index is -3.05. The van der Waals surface area contributed by atoms with Crippen LogP contribution in [-0.2, 0) is 10.0 Å². The summed E-state index contributed by atoms with van der Waals surface area (Å²) in [5, 5.41) is 3.19. The van der Waals surface area contributed by atoms with Crippen LogP contribution in [0.2, 0.25) is 0 Å². The lowest BCUT2D eigenvalue weighted by Gasteiger charge is -2.40. The number of rotatable bonds is 5. The standard InChI is InChI=1S/C13H26N2O2S/c1-11(2)14-6-7-18(16,17)15-9-12-4-3-5-13(8-12)10-15/h11-14H,3-10H2,1-2H3. The molecule has 0 aromatic carbocycles. The molecule has 2 aliphatic rings. The molecular weight excluding hydrogens is 248 g/mol. The average molecular weight is 274 g/mol. The van der Waals surface area contributed by atoms with E-state index in [1.807, 2.05) is 13.8 Å². The minimum Gasteiger partial charge on any atom is -0.313 e. The van der Waals surface area contributed by atoms with Crippen molar-refractivity contribution < 1.29 is 8.42 Å². The third kappa shape index (κ3) is 3.68. The Labute approximate surface area is 111 Å². The minimum absolute atomic E-state index is 0.241. The van der Waals surface area contributed by atoms with Crippen LogP contribution in [0.3, 0.4) is 0 Å². The topological polar surface area (TPSA) is 49.4 Å². The molecule has 1 N–H and O–H groups in total. The predicted octanol–water partition coefficient (Wildman–Crippen LogP) is 1.44. The van der Waals surface area contributed by atoms with Crippen LogP contribution in [0, 0.1) is 11.8 Å². The molecule has 2 atom stereocenters. The first-order valence-corrected chi connectivity index (χ1v) is 8.79. The molecule has 1 aliphatic heterocycles. The van der Waals surface area contributed by atoms with E-state index in [1.54, 1.807) is 4.31 Å². The fourth-order valence-electron chi connectivity index (χ4n) is 3.22. The highest BCUT2D eigenvalue weighted by Crippen LogP contribution is 2.35. The largest absolute Gasteiger partial charge is 0.313 e. The van der Waals surface area contributed by atoms with Crippen molar-refractivity contribution in [1.82, 2.24) is 9.62 Å². The lowest BCUT2D eigenvalue weighted by Crippen LogP contribution is -2.47. The number of nitrogens with one attached hydrogen (secondary N) is 1. The van der Waals surface area contributed by atoms with E-state index in [-0.39, 0.29) is 5.75 Å². The van der Waals surface area contributed by atoms with E-state index < -0.39 is 10.0 Å². The monoisotopic (exact) mass is 274 g/mol. The van der Waals surface area contributed by atoms with Gasteiger partial charge < -0.3 is 5.32 Å². The van der Waals surface area contributed by atoms with E-state index in [4.69, 9.17) is 0 Å². The molecule has 1 saturated carbocycles. The van der Waals surface area contributed by atoms with E-state index in [1.165, 1.54) is 25.7 Å². The zero-order valence-electron chi connectivity index (χ0n) is 11.6. The Morgan fingerprint density at radius 2 is 1.83 bits per heavy atom. The van der Waals surface area contributed by atoms with E-state index in [0.717, 1.165) is 13.1 Å². The van der Waals surface area contributed by atoms with Crippen molar-refractivity contribution in [2.24, 2.45) is 11.8 Å². The van der Waals surface area contributed by atoms with Gasteiger partial charge >= 0.3 is 0 Å². The van der Waals surface area contributed by atoms with Gasteiger partial charge in [0, 0.05) is 25.7 Å². The van der Waals surface area contributed by atoms with Gasteiger partial charge in [-0.1, -0.05) is 20.3 Å². The maximum atomic E-state index is 12.3. The van der Waals surface area contributed by atoms with Crippen LogP contribution in [0.15, 0.2) is 0 Å². The summed E-state index contributed by atoms with van der Waals surface area (Å²) < 4.78 is 26.3. The van der Waals surface area contributed by atoms with Gasteiger partial charge in [-0.3, -0.25) is 0 Å². The summed E-state index contributed by atoms with van der Waals surface area (Å²) in [7, 11) is -3.05. The second-order valence-corrected chi connectivity index (χ2v) is 8.23. The van der Waals surface area contributed by atoms with Crippen LogP contribution in [0.25, 0.3) is 0 Å². The summed E-state index contributed by atoms with van der Waals surface area (Å²) in [5.41, 5.74) is 0. The van der Waals surface area contributed by atoms with Crippen LogP contribution in [0.5, 0.6) is 0 Å². The number of sulfonamides is 1. The van der Waals surface area contributed by atoms with Gasteiger partial charge in [0.2, 0.25) is 10.0 Å². The number of hydrogen-bond acceptors (Lipinski definition) is 3. The van der Waals surface area contributed by atoms with Gasteiger partial charge in [-0.15, -0.1) is 0 Å². The van der Waals surface area contributed by atoms with Gasteiger partial charge in [-0.05, 0) is 31.1 Å². The van der Waals surface area contributed by atoms with Crippen LogP contribution < -0.4 is 5.32 Å². The molecule has 0 spiro atoms. The van der Waals surface area contributed by atoms with E-state index in [0.29, 0.717) is 24.4 Å². The fraction of sp³-hybridized carbons (Fsp3) is 1.00. The molecule has 1 saturated heterocycles. The van der Waals surface area contributed by atoms with Crippen molar-refractivity contribution >= 4 is 10.0 Å². The highest BCUT2D eigenvalue weighted by atomic mass is 32.2. The number of fused-ring (bicyclic) bond motifs is 2. The maximum absolute atomic E-state index is 12.3. The Balaban J connectivity index is 1.89. The molecule has 5 heteroatoms. The van der Waals surface area contributed by atoms with Crippen molar-refractivity contribution in [3.05, 3.63) is 0 Å². The molecule has 0 amide bonds. The molecule has 0 aromatic rings. The Bertz CT molecular complexity index is 355. The smallest absolute Gasteiger partial charge is 0.215 e. The molecule has 0 aromatic heterocycles. The second kappa shape index (κ2) is 5.88. The van der Waals surface area contributed by atoms with Crippen LogP contribution in [-0.4, -0.2) is 44.2 Å². The lowest BCUT2D eigenvalue weighted by molar-refractivity contribution is 0.144. The van der Waals surface area contributed by atoms with Gasteiger partial charge in [0.15, 0.2) is 0 Å². The summed E-state index contributed by atoms with van der Waals surface area (Å²) in [6.07, 6.45) is 4.97. The maximum Gasteiger partial charge on any atom is 0.215 e. The van der Waals surface area contributed by atoms with Gasteiger partial charge in [0.05, 0.1) is 5.75 Å². The fourth-order valence-corrected chi connectivity index (χ4v) is 4.73. The quantitative estimate of drug-likeness (QED) is 0.825. The molecule has 4 nitrogen and oxygen atoms in total. The van der Waals surface area contributed by atoms with Crippen LogP contribution in [0.4, 0.5) is 0 Å². The Morgan fingerprint density at radius 1 is 1.22 bits per heavy atom.